The molecule has 2 aromatic carbocycles. The van der Waals surface area contributed by atoms with Gasteiger partial charge in [0.05, 0.1) is 17.2 Å². The SMILES string of the molecule is CCOc1ccccc1N1C(=O)C(Cl)=C(Nc2ccc(S(=O)(=O)Nc3nccs3)cc2)C1=O. The Hall–Kier alpha value is -3.41. The number of benzene rings is 2. The Labute approximate surface area is 198 Å². The Morgan fingerprint density at radius 1 is 1.09 bits per heavy atom. The van der Waals surface area contributed by atoms with E-state index in [1.54, 1.807) is 36.6 Å². The second-order valence-electron chi connectivity index (χ2n) is 6.63. The summed E-state index contributed by atoms with van der Waals surface area (Å²) in [5, 5.41) is 4.43. The second kappa shape index (κ2) is 9.22. The number of aromatic nitrogens is 1. The fourth-order valence-corrected chi connectivity index (χ4v) is 5.06. The molecule has 2 amide bonds. The van der Waals surface area contributed by atoms with Gasteiger partial charge in [0, 0.05) is 17.3 Å². The molecule has 0 saturated heterocycles. The third-order valence-corrected chi connectivity index (χ3v) is 7.04. The predicted molar refractivity (Wildman–Crippen MR) is 126 cm³/mol. The van der Waals surface area contributed by atoms with Gasteiger partial charge in [0.2, 0.25) is 0 Å². The van der Waals surface area contributed by atoms with E-state index in [2.05, 4.69) is 15.0 Å². The highest BCUT2D eigenvalue weighted by Crippen LogP contribution is 2.35. The van der Waals surface area contributed by atoms with E-state index < -0.39 is 21.8 Å². The molecule has 2 heterocycles. The molecule has 1 aromatic heterocycles. The van der Waals surface area contributed by atoms with Crippen LogP contribution in [0.5, 0.6) is 5.75 Å². The van der Waals surface area contributed by atoms with Crippen molar-refractivity contribution in [3.8, 4) is 5.75 Å². The molecule has 170 valence electrons. The lowest BCUT2D eigenvalue weighted by Gasteiger charge is -2.18. The molecule has 9 nitrogen and oxygen atoms in total. The Bertz CT molecular complexity index is 1340. The Morgan fingerprint density at radius 2 is 1.82 bits per heavy atom. The van der Waals surface area contributed by atoms with Crippen molar-refractivity contribution in [2.75, 3.05) is 21.5 Å². The van der Waals surface area contributed by atoms with Gasteiger partial charge in [-0.25, -0.2) is 18.3 Å². The van der Waals surface area contributed by atoms with E-state index in [0.717, 1.165) is 16.2 Å². The summed E-state index contributed by atoms with van der Waals surface area (Å²) in [4.78, 5) is 30.6. The number of carbonyl (C=O) groups is 2. The largest absolute Gasteiger partial charge is 0.492 e. The van der Waals surface area contributed by atoms with Crippen LogP contribution in [0.4, 0.5) is 16.5 Å². The van der Waals surface area contributed by atoms with Gasteiger partial charge >= 0.3 is 0 Å². The zero-order valence-electron chi connectivity index (χ0n) is 17.1. The summed E-state index contributed by atoms with van der Waals surface area (Å²) in [6, 6.07) is 12.3. The number of halogens is 1. The van der Waals surface area contributed by atoms with Crippen molar-refractivity contribution in [1.29, 1.82) is 0 Å². The first-order chi connectivity index (χ1) is 15.8. The minimum Gasteiger partial charge on any atom is -0.492 e. The summed E-state index contributed by atoms with van der Waals surface area (Å²) in [5.41, 5.74) is 0.529. The molecule has 2 N–H and O–H groups in total. The Morgan fingerprint density at radius 3 is 2.48 bits per heavy atom. The van der Waals surface area contributed by atoms with E-state index in [0.29, 0.717) is 18.0 Å². The first-order valence-corrected chi connectivity index (χ1v) is 12.4. The maximum atomic E-state index is 13.0. The summed E-state index contributed by atoms with van der Waals surface area (Å²) < 4.78 is 32.9. The van der Waals surface area contributed by atoms with Gasteiger partial charge in [0.25, 0.3) is 21.8 Å². The molecule has 0 fully saturated rings. The molecule has 1 aliphatic heterocycles. The number of anilines is 3. The average molecular weight is 505 g/mol. The predicted octanol–water partition coefficient (Wildman–Crippen LogP) is 3.78. The average Bonchev–Trinajstić information content (AvgIpc) is 3.37. The number of rotatable bonds is 8. The lowest BCUT2D eigenvalue weighted by molar-refractivity contribution is -0.120. The zero-order valence-corrected chi connectivity index (χ0v) is 19.5. The van der Waals surface area contributed by atoms with Crippen molar-refractivity contribution >= 4 is 61.3 Å². The summed E-state index contributed by atoms with van der Waals surface area (Å²) in [7, 11) is -3.82. The van der Waals surface area contributed by atoms with Crippen molar-refractivity contribution in [3.63, 3.8) is 0 Å². The van der Waals surface area contributed by atoms with Gasteiger partial charge in [-0.2, -0.15) is 0 Å². The first-order valence-electron chi connectivity index (χ1n) is 9.61. The van der Waals surface area contributed by atoms with E-state index in [1.807, 2.05) is 0 Å². The minimum absolute atomic E-state index is 0.00409. The number of thiazole rings is 1. The van der Waals surface area contributed by atoms with E-state index in [-0.39, 0.29) is 26.4 Å². The number of sulfonamides is 1. The van der Waals surface area contributed by atoms with Crippen molar-refractivity contribution in [2.45, 2.75) is 11.8 Å². The summed E-state index contributed by atoms with van der Waals surface area (Å²) >= 11 is 7.34. The second-order valence-corrected chi connectivity index (χ2v) is 9.58. The molecule has 0 saturated carbocycles. The summed E-state index contributed by atoms with van der Waals surface area (Å²) in [6.07, 6.45) is 1.49. The highest BCUT2D eigenvalue weighted by Gasteiger charge is 2.40. The fraction of sp³-hybridized carbons (Fsp3) is 0.0952. The Balaban J connectivity index is 1.55. The maximum absolute atomic E-state index is 13.0. The van der Waals surface area contributed by atoms with E-state index >= 15 is 0 Å². The van der Waals surface area contributed by atoms with Gasteiger partial charge in [-0.1, -0.05) is 23.7 Å². The number of hydrogen-bond donors (Lipinski definition) is 2. The van der Waals surface area contributed by atoms with Crippen LogP contribution in [0.15, 0.2) is 75.7 Å². The molecule has 0 bridgehead atoms. The standard InChI is InChI=1S/C21H17ClN4O5S2/c1-2-31-16-6-4-3-5-15(16)26-19(27)17(22)18(20(26)28)24-13-7-9-14(10-8-13)33(29,30)25-21-23-11-12-32-21/h3-12,24H,2H2,1H3,(H,23,25). The normalized spacial score (nSPS) is 14.1. The van der Waals surface area contributed by atoms with Crippen LogP contribution in [0.1, 0.15) is 6.92 Å². The molecule has 0 atom stereocenters. The highest BCUT2D eigenvalue weighted by molar-refractivity contribution is 7.93. The molecule has 1 aliphatic rings. The number of amides is 2. The van der Waals surface area contributed by atoms with Crippen LogP contribution in [0.3, 0.4) is 0 Å². The lowest BCUT2D eigenvalue weighted by Crippen LogP contribution is -2.32. The summed E-state index contributed by atoms with van der Waals surface area (Å²) in [5.74, 6) is -0.975. The third-order valence-electron chi connectivity index (χ3n) is 4.52. The van der Waals surface area contributed by atoms with Crippen LogP contribution in [0.25, 0.3) is 0 Å². The van der Waals surface area contributed by atoms with Crippen LogP contribution >= 0.6 is 22.9 Å². The van der Waals surface area contributed by atoms with Gasteiger partial charge in [-0.05, 0) is 43.3 Å². The number of hydrogen-bond acceptors (Lipinski definition) is 8. The van der Waals surface area contributed by atoms with Crippen molar-refractivity contribution in [2.24, 2.45) is 0 Å². The zero-order chi connectivity index (χ0) is 23.6. The lowest BCUT2D eigenvalue weighted by atomic mass is 10.2. The number of para-hydroxylation sites is 2. The molecule has 33 heavy (non-hydrogen) atoms. The van der Waals surface area contributed by atoms with Crippen LogP contribution in [-0.2, 0) is 19.6 Å². The number of imide groups is 1. The van der Waals surface area contributed by atoms with Crippen LogP contribution < -0.4 is 19.7 Å². The molecule has 0 unspecified atom stereocenters. The molecular formula is C21H17ClN4O5S2. The van der Waals surface area contributed by atoms with E-state index in [4.69, 9.17) is 16.3 Å². The number of ether oxygens (including phenoxy) is 1. The fourth-order valence-electron chi connectivity index (χ4n) is 3.06. The van der Waals surface area contributed by atoms with Gasteiger partial charge in [0.15, 0.2) is 5.13 Å². The smallest absolute Gasteiger partial charge is 0.283 e. The molecule has 0 radical (unpaired) electrons. The maximum Gasteiger partial charge on any atom is 0.283 e. The summed E-state index contributed by atoms with van der Waals surface area (Å²) in [6.45, 7) is 2.14. The van der Waals surface area contributed by atoms with Gasteiger partial charge in [0.1, 0.15) is 16.5 Å². The molecule has 4 rings (SSSR count). The number of nitrogens with one attached hydrogen (secondary N) is 2. The highest BCUT2D eigenvalue weighted by atomic mass is 35.5. The van der Waals surface area contributed by atoms with Gasteiger partial charge in [-0.3, -0.25) is 14.3 Å². The Kier molecular flexibility index (Phi) is 6.36. The van der Waals surface area contributed by atoms with E-state index in [9.17, 15) is 18.0 Å². The third kappa shape index (κ3) is 4.56. The monoisotopic (exact) mass is 504 g/mol. The van der Waals surface area contributed by atoms with Crippen molar-refractivity contribution < 1.29 is 22.7 Å². The minimum atomic E-state index is -3.82. The quantitative estimate of drug-likeness (QED) is 0.448. The molecular weight excluding hydrogens is 488 g/mol. The molecule has 12 heteroatoms. The first kappa shape index (κ1) is 22.8. The number of carbonyl (C=O) groups excluding carboxylic acids is 2. The van der Waals surface area contributed by atoms with Crippen LogP contribution in [0, 0.1) is 0 Å². The number of nitrogens with zero attached hydrogens (tertiary/aromatic N) is 2. The van der Waals surface area contributed by atoms with Crippen molar-refractivity contribution in [1.82, 2.24) is 4.98 Å². The van der Waals surface area contributed by atoms with Crippen molar-refractivity contribution in [3.05, 3.63) is 70.8 Å². The van der Waals surface area contributed by atoms with Gasteiger partial charge < -0.3 is 10.1 Å². The molecule has 3 aromatic rings. The van der Waals surface area contributed by atoms with Gasteiger partial charge in [-0.15, -0.1) is 11.3 Å². The van der Waals surface area contributed by atoms with Crippen LogP contribution in [0.2, 0.25) is 0 Å². The van der Waals surface area contributed by atoms with Crippen LogP contribution in [-0.4, -0.2) is 31.8 Å². The molecule has 0 aliphatic carbocycles. The molecule has 0 spiro atoms. The van der Waals surface area contributed by atoms with E-state index in [1.165, 1.54) is 30.5 Å². The topological polar surface area (TPSA) is 118 Å².